The first-order valence-electron chi connectivity index (χ1n) is 5.99. The van der Waals surface area contributed by atoms with Crippen LogP contribution in [0.4, 0.5) is 61.5 Å². The number of rotatable bonds is 3. The van der Waals surface area contributed by atoms with E-state index in [1.807, 2.05) is 0 Å². The number of alkyl halides is 14. The fourth-order valence-corrected chi connectivity index (χ4v) is 1.38. The molecule has 0 N–H and O–H groups in total. The number of ether oxygens (including phenoxy) is 3. The highest BCUT2D eigenvalue weighted by Crippen LogP contribution is 2.59. The summed E-state index contributed by atoms with van der Waals surface area (Å²) in [5, 5.41) is 0. The van der Waals surface area contributed by atoms with E-state index >= 15 is 0 Å². The SMILES string of the molecule is CC1(F)OC(F)(OC(F)(CF)C(F)(F)F)C(F)(C(F)(F)F)OC1(F)F.CF. The lowest BCUT2D eigenvalue weighted by atomic mass is 10.1. The fourth-order valence-electron chi connectivity index (χ4n) is 1.38. The Balaban J connectivity index is 0.00000326. The monoisotopic (exact) mass is 442 g/mol. The molecule has 1 heterocycles. The van der Waals surface area contributed by atoms with Gasteiger partial charge in [0, 0.05) is 6.92 Å². The molecule has 1 rings (SSSR count). The lowest BCUT2D eigenvalue weighted by Gasteiger charge is -2.49. The van der Waals surface area contributed by atoms with E-state index in [1.54, 1.807) is 0 Å². The van der Waals surface area contributed by atoms with Crippen molar-refractivity contribution in [3.8, 4) is 0 Å². The molecule has 4 atom stereocenters. The van der Waals surface area contributed by atoms with Crippen LogP contribution in [0.25, 0.3) is 0 Å². The number of hydrogen-bond donors (Lipinski definition) is 0. The Morgan fingerprint density at radius 2 is 1.22 bits per heavy atom. The third kappa shape index (κ3) is 4.18. The van der Waals surface area contributed by atoms with Gasteiger partial charge in [-0.05, 0) is 0 Å². The standard InChI is InChI=1S/C9H5F13O3.CH3F/c1-3(11)8(20,21)25-5(13,7(17,18)19)9(22,23-3)24-4(12,2-10)6(14,15)16;1-2/h2H2,1H3;1H3. The molecule has 0 aromatic rings. The van der Waals surface area contributed by atoms with E-state index in [2.05, 4.69) is 14.2 Å². The highest BCUT2D eigenvalue weighted by Gasteiger charge is 2.86. The van der Waals surface area contributed by atoms with Crippen molar-refractivity contribution in [3.63, 3.8) is 0 Å². The van der Waals surface area contributed by atoms with Crippen LogP contribution >= 0.6 is 0 Å². The van der Waals surface area contributed by atoms with Gasteiger partial charge >= 0.3 is 42.1 Å². The summed E-state index contributed by atoms with van der Waals surface area (Å²) in [6.45, 7) is -4.07. The number of hydrogen-bond acceptors (Lipinski definition) is 3. The molecule has 0 spiro atoms. The molecular formula is C10H8F14O3. The van der Waals surface area contributed by atoms with E-state index < -0.39 is 55.7 Å². The topological polar surface area (TPSA) is 27.7 Å². The molecule has 164 valence electrons. The van der Waals surface area contributed by atoms with Crippen LogP contribution in [0.3, 0.4) is 0 Å². The zero-order chi connectivity index (χ0) is 22.3. The molecule has 0 bridgehead atoms. The van der Waals surface area contributed by atoms with Gasteiger partial charge in [-0.15, -0.1) is 0 Å². The molecule has 1 aliphatic heterocycles. The summed E-state index contributed by atoms with van der Waals surface area (Å²) < 4.78 is 184. The normalized spacial score (nSPS) is 36.4. The smallest absolute Gasteiger partial charge is 0.273 e. The van der Waals surface area contributed by atoms with Crippen molar-refractivity contribution in [2.24, 2.45) is 0 Å². The summed E-state index contributed by atoms with van der Waals surface area (Å²) in [6, 6.07) is -6.35. The first-order chi connectivity index (χ1) is 11.7. The predicted octanol–water partition coefficient (Wildman–Crippen LogP) is 4.96. The molecule has 0 amide bonds. The minimum absolute atomic E-state index is 0.500. The molecule has 4 unspecified atom stereocenters. The van der Waals surface area contributed by atoms with Gasteiger partial charge in [-0.25, -0.2) is 8.78 Å². The van der Waals surface area contributed by atoms with Crippen LogP contribution in [0.5, 0.6) is 0 Å². The van der Waals surface area contributed by atoms with E-state index in [0.717, 1.165) is 0 Å². The van der Waals surface area contributed by atoms with Crippen molar-refractivity contribution in [2.75, 3.05) is 13.9 Å². The third-order valence-electron chi connectivity index (χ3n) is 2.75. The molecule has 1 fully saturated rings. The van der Waals surface area contributed by atoms with Crippen LogP contribution in [0.1, 0.15) is 6.92 Å². The van der Waals surface area contributed by atoms with Crippen molar-refractivity contribution in [3.05, 3.63) is 0 Å². The molecule has 0 saturated carbocycles. The lowest BCUT2D eigenvalue weighted by molar-refractivity contribution is -0.626. The second-order valence-electron chi connectivity index (χ2n) is 4.73. The van der Waals surface area contributed by atoms with E-state index in [1.165, 1.54) is 0 Å². The average molecular weight is 442 g/mol. The Labute approximate surface area is 140 Å². The van der Waals surface area contributed by atoms with Crippen LogP contribution in [0.2, 0.25) is 0 Å². The summed E-state index contributed by atoms with van der Waals surface area (Å²) in [5.41, 5.74) is 0. The molecule has 0 aromatic carbocycles. The first-order valence-corrected chi connectivity index (χ1v) is 5.99. The molecule has 0 aromatic heterocycles. The van der Waals surface area contributed by atoms with Gasteiger partial charge < -0.3 is 0 Å². The Hall–Kier alpha value is -1.10. The molecule has 27 heavy (non-hydrogen) atoms. The second-order valence-corrected chi connectivity index (χ2v) is 4.73. The fraction of sp³-hybridized carbons (Fsp3) is 1.00. The van der Waals surface area contributed by atoms with Gasteiger partial charge in [0.2, 0.25) is 0 Å². The Morgan fingerprint density at radius 1 is 0.815 bits per heavy atom. The molecule has 3 nitrogen and oxygen atoms in total. The van der Waals surface area contributed by atoms with Gasteiger partial charge in [-0.1, -0.05) is 0 Å². The summed E-state index contributed by atoms with van der Waals surface area (Å²) in [4.78, 5) is 0. The minimum Gasteiger partial charge on any atom is -0.273 e. The van der Waals surface area contributed by atoms with Crippen molar-refractivity contribution in [2.45, 2.75) is 49.0 Å². The highest BCUT2D eigenvalue weighted by molar-refractivity contribution is 4.98. The summed E-state index contributed by atoms with van der Waals surface area (Å²) in [5.74, 6) is -17.8. The summed E-state index contributed by atoms with van der Waals surface area (Å²) >= 11 is 0. The predicted molar refractivity (Wildman–Crippen MR) is 54.3 cm³/mol. The molecule has 0 aliphatic carbocycles. The third-order valence-corrected chi connectivity index (χ3v) is 2.75. The van der Waals surface area contributed by atoms with Crippen LogP contribution in [0, 0.1) is 0 Å². The average Bonchev–Trinajstić information content (AvgIpc) is 2.44. The van der Waals surface area contributed by atoms with Gasteiger partial charge in [0.25, 0.3) is 0 Å². The van der Waals surface area contributed by atoms with E-state index in [-0.39, 0.29) is 0 Å². The largest absolute Gasteiger partial charge is 0.457 e. The first kappa shape index (κ1) is 25.9. The van der Waals surface area contributed by atoms with E-state index in [4.69, 9.17) is 0 Å². The van der Waals surface area contributed by atoms with Gasteiger partial charge in [0.1, 0.15) is 0 Å². The maximum Gasteiger partial charge on any atom is 0.457 e. The maximum atomic E-state index is 14.0. The summed E-state index contributed by atoms with van der Waals surface area (Å²) in [6.07, 6.45) is -19.6. The van der Waals surface area contributed by atoms with Crippen molar-refractivity contribution in [1.29, 1.82) is 0 Å². The van der Waals surface area contributed by atoms with Gasteiger partial charge in [0.05, 0.1) is 7.18 Å². The lowest BCUT2D eigenvalue weighted by Crippen LogP contribution is -2.75. The van der Waals surface area contributed by atoms with Gasteiger partial charge in [-0.2, -0.15) is 48.3 Å². The Bertz CT molecular complexity index is 518. The zero-order valence-electron chi connectivity index (χ0n) is 12.7. The van der Waals surface area contributed by atoms with Gasteiger partial charge in [-0.3, -0.25) is 18.6 Å². The van der Waals surface area contributed by atoms with Crippen LogP contribution in [0.15, 0.2) is 0 Å². The maximum absolute atomic E-state index is 14.0. The molecule has 17 heteroatoms. The minimum atomic E-state index is -7.01. The molecule has 0 radical (unpaired) electrons. The summed E-state index contributed by atoms with van der Waals surface area (Å²) in [7, 11) is 0.500. The van der Waals surface area contributed by atoms with Gasteiger partial charge in [0.15, 0.2) is 6.67 Å². The quantitative estimate of drug-likeness (QED) is 0.579. The second kappa shape index (κ2) is 7.06. The van der Waals surface area contributed by atoms with Crippen molar-refractivity contribution < 1.29 is 75.7 Å². The highest BCUT2D eigenvalue weighted by atomic mass is 19.4. The Kier molecular flexibility index (Phi) is 6.77. The van der Waals surface area contributed by atoms with Crippen LogP contribution in [-0.2, 0) is 14.2 Å². The van der Waals surface area contributed by atoms with E-state index in [9.17, 15) is 61.5 Å². The molecular weight excluding hydrogens is 434 g/mol. The van der Waals surface area contributed by atoms with Crippen molar-refractivity contribution >= 4 is 0 Å². The van der Waals surface area contributed by atoms with E-state index in [0.29, 0.717) is 7.18 Å². The van der Waals surface area contributed by atoms with Crippen LogP contribution in [-0.4, -0.2) is 55.9 Å². The van der Waals surface area contributed by atoms with Crippen LogP contribution < -0.4 is 0 Å². The number of halogens is 14. The molecule has 1 aliphatic rings. The van der Waals surface area contributed by atoms with Crippen molar-refractivity contribution in [1.82, 2.24) is 0 Å². The molecule has 1 saturated heterocycles. The Morgan fingerprint density at radius 3 is 1.52 bits per heavy atom. The zero-order valence-corrected chi connectivity index (χ0v) is 12.7.